The normalized spacial score (nSPS) is 26.1. The largest absolute Gasteiger partial charge is 0.383 e. The van der Waals surface area contributed by atoms with Crippen molar-refractivity contribution in [3.05, 3.63) is 0 Å². The third-order valence-corrected chi connectivity index (χ3v) is 3.74. The molecular weight excluding hydrogens is 228 g/mol. The standard InChI is InChI=1S/C14H28N2O2/c1-6-11(4)13-14(17)16(7-8-18-5)12(15-13)9-10(2)3/h10-13,15H,6-9H2,1-5H3. The van der Waals surface area contributed by atoms with Gasteiger partial charge in [0.1, 0.15) is 0 Å². The van der Waals surface area contributed by atoms with Crippen LogP contribution in [-0.4, -0.2) is 43.3 Å². The first kappa shape index (κ1) is 15.4. The van der Waals surface area contributed by atoms with Gasteiger partial charge in [0.25, 0.3) is 0 Å². The third kappa shape index (κ3) is 3.69. The van der Waals surface area contributed by atoms with Gasteiger partial charge in [0, 0.05) is 13.7 Å². The van der Waals surface area contributed by atoms with Gasteiger partial charge in [-0.2, -0.15) is 0 Å². The summed E-state index contributed by atoms with van der Waals surface area (Å²) in [6.07, 6.45) is 2.20. The van der Waals surface area contributed by atoms with Gasteiger partial charge in [0.15, 0.2) is 0 Å². The molecule has 0 aromatic rings. The van der Waals surface area contributed by atoms with E-state index >= 15 is 0 Å². The second kappa shape index (κ2) is 7.10. The first-order chi connectivity index (χ1) is 8.51. The molecule has 4 nitrogen and oxygen atoms in total. The van der Waals surface area contributed by atoms with E-state index in [0.29, 0.717) is 25.0 Å². The number of hydrogen-bond acceptors (Lipinski definition) is 3. The number of amides is 1. The van der Waals surface area contributed by atoms with Crippen LogP contribution in [0.5, 0.6) is 0 Å². The predicted molar refractivity (Wildman–Crippen MR) is 73.2 cm³/mol. The maximum absolute atomic E-state index is 12.4. The number of rotatable bonds is 7. The van der Waals surface area contributed by atoms with Gasteiger partial charge in [0.05, 0.1) is 18.8 Å². The molecule has 1 aliphatic heterocycles. The van der Waals surface area contributed by atoms with E-state index in [1.165, 1.54) is 0 Å². The zero-order valence-corrected chi connectivity index (χ0v) is 12.4. The highest BCUT2D eigenvalue weighted by atomic mass is 16.5. The molecule has 1 aliphatic rings. The molecule has 106 valence electrons. The van der Waals surface area contributed by atoms with Gasteiger partial charge in [-0.3, -0.25) is 10.1 Å². The minimum atomic E-state index is -0.0180. The third-order valence-electron chi connectivity index (χ3n) is 3.74. The summed E-state index contributed by atoms with van der Waals surface area (Å²) in [7, 11) is 1.68. The monoisotopic (exact) mass is 256 g/mol. The molecule has 1 N–H and O–H groups in total. The summed E-state index contributed by atoms with van der Waals surface area (Å²) in [5.41, 5.74) is 0. The van der Waals surface area contributed by atoms with E-state index in [1.807, 2.05) is 4.90 Å². The van der Waals surface area contributed by atoms with Crippen LogP contribution in [0.2, 0.25) is 0 Å². The van der Waals surface area contributed by atoms with Crippen LogP contribution in [0, 0.1) is 11.8 Å². The zero-order valence-electron chi connectivity index (χ0n) is 12.4. The molecule has 0 aromatic carbocycles. The lowest BCUT2D eigenvalue weighted by molar-refractivity contribution is -0.131. The fraction of sp³-hybridized carbons (Fsp3) is 0.929. The molecule has 0 bridgehead atoms. The molecule has 1 amide bonds. The van der Waals surface area contributed by atoms with E-state index in [-0.39, 0.29) is 18.1 Å². The summed E-state index contributed by atoms with van der Waals surface area (Å²) < 4.78 is 5.11. The second-order valence-corrected chi connectivity index (χ2v) is 5.70. The number of nitrogens with one attached hydrogen (secondary N) is 1. The van der Waals surface area contributed by atoms with Crippen LogP contribution >= 0.6 is 0 Å². The van der Waals surface area contributed by atoms with Crippen molar-refractivity contribution in [2.24, 2.45) is 11.8 Å². The Morgan fingerprint density at radius 2 is 2.06 bits per heavy atom. The molecule has 1 saturated heterocycles. The van der Waals surface area contributed by atoms with Crippen molar-refractivity contribution in [2.75, 3.05) is 20.3 Å². The maximum Gasteiger partial charge on any atom is 0.241 e. The Kier molecular flexibility index (Phi) is 6.09. The molecule has 0 aromatic heterocycles. The molecule has 3 atom stereocenters. The summed E-state index contributed by atoms with van der Waals surface area (Å²) in [5, 5.41) is 3.50. The van der Waals surface area contributed by atoms with Gasteiger partial charge in [-0.25, -0.2) is 0 Å². The fourth-order valence-electron chi connectivity index (χ4n) is 2.44. The predicted octanol–water partition coefficient (Wildman–Crippen LogP) is 1.85. The van der Waals surface area contributed by atoms with Gasteiger partial charge < -0.3 is 9.64 Å². The van der Waals surface area contributed by atoms with Crippen molar-refractivity contribution >= 4 is 5.91 Å². The lowest BCUT2D eigenvalue weighted by Crippen LogP contribution is -2.40. The Labute approximate surface area is 111 Å². The van der Waals surface area contributed by atoms with E-state index in [4.69, 9.17) is 4.74 Å². The Bertz CT molecular complexity index is 269. The summed E-state index contributed by atoms with van der Waals surface area (Å²) >= 11 is 0. The summed E-state index contributed by atoms with van der Waals surface area (Å²) in [5.74, 6) is 1.21. The Morgan fingerprint density at radius 3 is 2.56 bits per heavy atom. The number of methoxy groups -OCH3 is 1. The highest BCUT2D eigenvalue weighted by molar-refractivity contribution is 5.84. The molecule has 0 aliphatic carbocycles. The average molecular weight is 256 g/mol. The number of carbonyl (C=O) groups is 1. The molecule has 0 radical (unpaired) electrons. The van der Waals surface area contributed by atoms with Crippen LogP contribution in [0.4, 0.5) is 0 Å². The Morgan fingerprint density at radius 1 is 1.39 bits per heavy atom. The van der Waals surface area contributed by atoms with E-state index in [0.717, 1.165) is 12.8 Å². The number of hydrogen-bond donors (Lipinski definition) is 1. The Balaban J connectivity index is 2.71. The number of ether oxygens (including phenoxy) is 1. The van der Waals surface area contributed by atoms with Crippen LogP contribution in [0.1, 0.15) is 40.5 Å². The number of nitrogens with zero attached hydrogens (tertiary/aromatic N) is 1. The topological polar surface area (TPSA) is 41.6 Å². The SMILES string of the molecule is CCC(C)C1NC(CC(C)C)N(CCOC)C1=O. The second-order valence-electron chi connectivity index (χ2n) is 5.70. The molecule has 1 rings (SSSR count). The van der Waals surface area contributed by atoms with Crippen molar-refractivity contribution < 1.29 is 9.53 Å². The van der Waals surface area contributed by atoms with E-state index in [9.17, 15) is 4.79 Å². The number of carbonyl (C=O) groups excluding carboxylic acids is 1. The van der Waals surface area contributed by atoms with Gasteiger partial charge >= 0.3 is 0 Å². The molecule has 1 heterocycles. The quantitative estimate of drug-likeness (QED) is 0.756. The van der Waals surface area contributed by atoms with Crippen LogP contribution in [0.15, 0.2) is 0 Å². The van der Waals surface area contributed by atoms with Gasteiger partial charge in [0.2, 0.25) is 5.91 Å². The molecule has 1 fully saturated rings. The Hall–Kier alpha value is -0.610. The van der Waals surface area contributed by atoms with E-state index in [1.54, 1.807) is 7.11 Å². The van der Waals surface area contributed by atoms with Gasteiger partial charge in [-0.1, -0.05) is 34.1 Å². The van der Waals surface area contributed by atoms with Crippen LogP contribution < -0.4 is 5.32 Å². The fourth-order valence-corrected chi connectivity index (χ4v) is 2.44. The summed E-state index contributed by atoms with van der Waals surface area (Å²) in [6.45, 7) is 9.95. The van der Waals surface area contributed by atoms with Crippen molar-refractivity contribution in [3.63, 3.8) is 0 Å². The first-order valence-electron chi connectivity index (χ1n) is 7.06. The molecule has 3 unspecified atom stereocenters. The van der Waals surface area contributed by atoms with Gasteiger partial charge in [-0.05, 0) is 18.3 Å². The minimum absolute atomic E-state index is 0.0180. The summed E-state index contributed by atoms with van der Waals surface area (Å²) in [6, 6.07) is -0.0180. The average Bonchev–Trinajstić information content (AvgIpc) is 2.62. The van der Waals surface area contributed by atoms with E-state index < -0.39 is 0 Å². The highest BCUT2D eigenvalue weighted by Gasteiger charge is 2.40. The van der Waals surface area contributed by atoms with Crippen molar-refractivity contribution in [3.8, 4) is 0 Å². The molecule has 0 saturated carbocycles. The summed E-state index contributed by atoms with van der Waals surface area (Å²) in [4.78, 5) is 14.4. The van der Waals surface area contributed by atoms with Crippen molar-refractivity contribution in [2.45, 2.75) is 52.7 Å². The lowest BCUT2D eigenvalue weighted by atomic mass is 9.99. The van der Waals surface area contributed by atoms with Crippen molar-refractivity contribution in [1.29, 1.82) is 0 Å². The minimum Gasteiger partial charge on any atom is -0.383 e. The molecule has 4 heteroatoms. The van der Waals surface area contributed by atoms with Crippen LogP contribution in [0.3, 0.4) is 0 Å². The van der Waals surface area contributed by atoms with E-state index in [2.05, 4.69) is 33.0 Å². The smallest absolute Gasteiger partial charge is 0.241 e. The lowest BCUT2D eigenvalue weighted by Gasteiger charge is -2.25. The van der Waals surface area contributed by atoms with Crippen LogP contribution in [0.25, 0.3) is 0 Å². The van der Waals surface area contributed by atoms with Crippen molar-refractivity contribution in [1.82, 2.24) is 10.2 Å². The molecule has 0 spiro atoms. The zero-order chi connectivity index (χ0) is 13.7. The highest BCUT2D eigenvalue weighted by Crippen LogP contribution is 2.22. The van der Waals surface area contributed by atoms with Crippen LogP contribution in [-0.2, 0) is 9.53 Å². The molecule has 18 heavy (non-hydrogen) atoms. The van der Waals surface area contributed by atoms with Gasteiger partial charge in [-0.15, -0.1) is 0 Å². The molecular formula is C14H28N2O2. The first-order valence-corrected chi connectivity index (χ1v) is 7.06. The maximum atomic E-state index is 12.4.